The molecule has 106 valence electrons. The fraction of sp³-hybridized carbons (Fsp3) is 0.308. The molecule has 2 rings (SSSR count). The van der Waals surface area contributed by atoms with Crippen molar-refractivity contribution in [2.75, 3.05) is 5.73 Å². The third kappa shape index (κ3) is 3.80. The lowest BCUT2D eigenvalue weighted by molar-refractivity contribution is 0.228. The third-order valence-electron chi connectivity index (χ3n) is 2.33. The summed E-state index contributed by atoms with van der Waals surface area (Å²) in [6, 6.07) is 1.83. The zero-order valence-electron chi connectivity index (χ0n) is 11.2. The standard InChI is InChI=1S/C13H15BrN4O2/c1-8(2)20-10-5-16-4-3-9(10)7-19-13-12(15)17-6-11(14)18-13/h3-6,8H,7H2,1-2H3,(H2,15,17). The Bertz CT molecular complexity index is 592. The molecule has 0 aliphatic carbocycles. The molecule has 0 saturated carbocycles. The van der Waals surface area contributed by atoms with Gasteiger partial charge >= 0.3 is 0 Å². The van der Waals surface area contributed by atoms with Crippen LogP contribution in [-0.4, -0.2) is 21.1 Å². The van der Waals surface area contributed by atoms with Crippen LogP contribution in [0, 0.1) is 0 Å². The largest absolute Gasteiger partial charge is 0.489 e. The number of aromatic nitrogens is 3. The van der Waals surface area contributed by atoms with Crippen LogP contribution >= 0.6 is 15.9 Å². The van der Waals surface area contributed by atoms with E-state index in [1.165, 1.54) is 6.20 Å². The first-order valence-electron chi connectivity index (χ1n) is 6.06. The van der Waals surface area contributed by atoms with Crippen molar-refractivity contribution < 1.29 is 9.47 Å². The monoisotopic (exact) mass is 338 g/mol. The molecule has 0 atom stereocenters. The Morgan fingerprint density at radius 2 is 2.15 bits per heavy atom. The van der Waals surface area contributed by atoms with Crippen LogP contribution in [0.2, 0.25) is 0 Å². The normalized spacial score (nSPS) is 10.6. The van der Waals surface area contributed by atoms with Crippen molar-refractivity contribution in [3.8, 4) is 11.6 Å². The average Bonchev–Trinajstić information content (AvgIpc) is 2.41. The second-order valence-corrected chi connectivity index (χ2v) is 5.13. The lowest BCUT2D eigenvalue weighted by Gasteiger charge is -2.14. The first-order chi connectivity index (χ1) is 9.56. The molecular weight excluding hydrogens is 324 g/mol. The summed E-state index contributed by atoms with van der Waals surface area (Å²) < 4.78 is 11.8. The number of nitrogen functional groups attached to an aromatic ring is 1. The summed E-state index contributed by atoms with van der Waals surface area (Å²) in [6.07, 6.45) is 4.92. The van der Waals surface area contributed by atoms with Crippen molar-refractivity contribution >= 4 is 21.7 Å². The third-order valence-corrected chi connectivity index (χ3v) is 2.72. The fourth-order valence-corrected chi connectivity index (χ4v) is 1.77. The van der Waals surface area contributed by atoms with Crippen LogP contribution in [0.25, 0.3) is 0 Å². The Labute approximate surface area is 125 Å². The topological polar surface area (TPSA) is 83.2 Å². The average molecular weight is 339 g/mol. The van der Waals surface area contributed by atoms with Crippen molar-refractivity contribution in [1.29, 1.82) is 0 Å². The van der Waals surface area contributed by atoms with Gasteiger partial charge in [-0.25, -0.2) is 9.97 Å². The molecular formula is C13H15BrN4O2. The molecule has 2 N–H and O–H groups in total. The maximum absolute atomic E-state index is 5.71. The predicted octanol–water partition coefficient (Wildman–Crippen LogP) is 2.58. The van der Waals surface area contributed by atoms with Gasteiger partial charge in [0, 0.05) is 11.8 Å². The highest BCUT2D eigenvalue weighted by Gasteiger charge is 2.09. The van der Waals surface area contributed by atoms with Crippen molar-refractivity contribution in [2.24, 2.45) is 0 Å². The zero-order valence-corrected chi connectivity index (χ0v) is 12.8. The summed E-state index contributed by atoms with van der Waals surface area (Å²) >= 11 is 3.23. The summed E-state index contributed by atoms with van der Waals surface area (Å²) in [5, 5.41) is 0. The van der Waals surface area contributed by atoms with E-state index >= 15 is 0 Å². The van der Waals surface area contributed by atoms with Crippen LogP contribution in [0.5, 0.6) is 11.6 Å². The van der Waals surface area contributed by atoms with Crippen LogP contribution in [0.15, 0.2) is 29.3 Å². The van der Waals surface area contributed by atoms with E-state index in [0.29, 0.717) is 10.4 Å². The second-order valence-electron chi connectivity index (χ2n) is 4.32. The molecule has 6 nitrogen and oxygen atoms in total. The minimum atomic E-state index is 0.0636. The molecule has 0 spiro atoms. The van der Waals surface area contributed by atoms with Gasteiger partial charge in [-0.3, -0.25) is 4.98 Å². The summed E-state index contributed by atoms with van der Waals surface area (Å²) in [7, 11) is 0. The van der Waals surface area contributed by atoms with Gasteiger partial charge in [-0.1, -0.05) is 0 Å². The van der Waals surface area contributed by atoms with E-state index in [2.05, 4.69) is 30.9 Å². The van der Waals surface area contributed by atoms with Gasteiger partial charge in [0.25, 0.3) is 5.88 Å². The van der Waals surface area contributed by atoms with Gasteiger partial charge in [-0.15, -0.1) is 0 Å². The molecule has 0 amide bonds. The van der Waals surface area contributed by atoms with E-state index in [0.717, 1.165) is 5.56 Å². The Morgan fingerprint density at radius 3 is 2.90 bits per heavy atom. The van der Waals surface area contributed by atoms with Crippen LogP contribution < -0.4 is 15.2 Å². The Balaban J connectivity index is 2.12. The molecule has 0 unspecified atom stereocenters. The maximum Gasteiger partial charge on any atom is 0.258 e. The minimum Gasteiger partial charge on any atom is -0.489 e. The molecule has 7 heteroatoms. The van der Waals surface area contributed by atoms with E-state index in [1.54, 1.807) is 12.4 Å². The van der Waals surface area contributed by atoms with Gasteiger partial charge in [0.1, 0.15) is 17.0 Å². The van der Waals surface area contributed by atoms with Crippen LogP contribution in [0.1, 0.15) is 19.4 Å². The van der Waals surface area contributed by atoms with Gasteiger partial charge in [0.05, 0.1) is 18.5 Å². The molecule has 0 aliphatic heterocycles. The Kier molecular flexibility index (Phi) is 4.73. The molecule has 2 aromatic heterocycles. The van der Waals surface area contributed by atoms with Crippen LogP contribution in [0.3, 0.4) is 0 Å². The lowest BCUT2D eigenvalue weighted by Crippen LogP contribution is -2.09. The first-order valence-corrected chi connectivity index (χ1v) is 6.86. The number of pyridine rings is 1. The number of hydrogen-bond acceptors (Lipinski definition) is 6. The number of nitrogens with zero attached hydrogens (tertiary/aromatic N) is 3. The van der Waals surface area contributed by atoms with E-state index in [-0.39, 0.29) is 24.4 Å². The highest BCUT2D eigenvalue weighted by Crippen LogP contribution is 2.23. The van der Waals surface area contributed by atoms with Gasteiger partial charge in [-0.2, -0.15) is 0 Å². The minimum absolute atomic E-state index is 0.0636. The molecule has 0 fully saturated rings. The van der Waals surface area contributed by atoms with Crippen molar-refractivity contribution in [2.45, 2.75) is 26.6 Å². The molecule has 0 aromatic carbocycles. The Morgan fingerprint density at radius 1 is 1.35 bits per heavy atom. The van der Waals surface area contributed by atoms with Gasteiger partial charge in [-0.05, 0) is 35.8 Å². The molecule has 0 radical (unpaired) electrons. The molecule has 2 heterocycles. The Hall–Kier alpha value is -1.89. The maximum atomic E-state index is 5.71. The van der Waals surface area contributed by atoms with Crippen molar-refractivity contribution in [3.63, 3.8) is 0 Å². The summed E-state index contributed by atoms with van der Waals surface area (Å²) in [5.74, 6) is 1.21. The lowest BCUT2D eigenvalue weighted by atomic mass is 10.2. The molecule has 0 saturated heterocycles. The first kappa shape index (κ1) is 14.5. The molecule has 2 aromatic rings. The molecule has 0 bridgehead atoms. The highest BCUT2D eigenvalue weighted by molar-refractivity contribution is 9.10. The zero-order chi connectivity index (χ0) is 14.5. The van der Waals surface area contributed by atoms with Crippen molar-refractivity contribution in [3.05, 3.63) is 34.8 Å². The summed E-state index contributed by atoms with van der Waals surface area (Å²) in [6.45, 7) is 4.19. The number of nitrogens with two attached hydrogens (primary N) is 1. The molecule has 20 heavy (non-hydrogen) atoms. The number of rotatable bonds is 5. The number of halogens is 1. The number of anilines is 1. The van der Waals surface area contributed by atoms with E-state index in [9.17, 15) is 0 Å². The SMILES string of the molecule is CC(C)Oc1cnccc1COc1nc(Br)cnc1N. The predicted molar refractivity (Wildman–Crippen MR) is 78.5 cm³/mol. The highest BCUT2D eigenvalue weighted by atomic mass is 79.9. The van der Waals surface area contributed by atoms with Gasteiger partial charge in [0.2, 0.25) is 0 Å². The number of hydrogen-bond donors (Lipinski definition) is 1. The van der Waals surface area contributed by atoms with Gasteiger partial charge < -0.3 is 15.2 Å². The summed E-state index contributed by atoms with van der Waals surface area (Å²) in [4.78, 5) is 12.1. The van der Waals surface area contributed by atoms with E-state index in [4.69, 9.17) is 15.2 Å². The molecule has 0 aliphatic rings. The smallest absolute Gasteiger partial charge is 0.258 e. The van der Waals surface area contributed by atoms with E-state index in [1.807, 2.05) is 19.9 Å². The van der Waals surface area contributed by atoms with Crippen molar-refractivity contribution in [1.82, 2.24) is 15.0 Å². The second kappa shape index (κ2) is 6.51. The van der Waals surface area contributed by atoms with Crippen LogP contribution in [0.4, 0.5) is 5.82 Å². The van der Waals surface area contributed by atoms with Gasteiger partial charge in [0.15, 0.2) is 5.82 Å². The fourth-order valence-electron chi connectivity index (χ4n) is 1.50. The summed E-state index contributed by atoms with van der Waals surface area (Å²) in [5.41, 5.74) is 6.58. The van der Waals surface area contributed by atoms with E-state index < -0.39 is 0 Å². The number of ether oxygens (including phenoxy) is 2. The quantitative estimate of drug-likeness (QED) is 0.901. The van der Waals surface area contributed by atoms with Crippen LogP contribution in [-0.2, 0) is 6.61 Å².